The second kappa shape index (κ2) is 28.7. The van der Waals surface area contributed by atoms with Crippen LogP contribution in [0.4, 0.5) is 43.3 Å². The molecule has 0 spiro atoms. The number of anilines is 4. The van der Waals surface area contributed by atoms with Gasteiger partial charge in [-0.15, -0.1) is 0 Å². The van der Waals surface area contributed by atoms with Gasteiger partial charge in [-0.3, -0.25) is 25.1 Å². The van der Waals surface area contributed by atoms with Crippen LogP contribution in [0.25, 0.3) is 0 Å². The molecule has 2 aliphatic heterocycles. The summed E-state index contributed by atoms with van der Waals surface area (Å²) in [6, 6.07) is 17.9. The number of fused-ring (bicyclic) bond motifs is 1. The lowest BCUT2D eigenvalue weighted by Gasteiger charge is -2.47. The number of hydrogen-bond donors (Lipinski definition) is 5. The van der Waals surface area contributed by atoms with Crippen LogP contribution in [0, 0.1) is 31.9 Å². The van der Waals surface area contributed by atoms with Gasteiger partial charge in [0, 0.05) is 53.3 Å². The summed E-state index contributed by atoms with van der Waals surface area (Å²) in [5.41, 5.74) is 6.53. The Morgan fingerprint density at radius 1 is 0.800 bits per heavy atom. The number of halogens is 6. The molecule has 2 atom stereocenters. The maximum atomic E-state index is 14.5. The SMILES string of the molecule is CC(C)(C)[Si](C)(C)OCCOc1ccc([N+](=O)[O-])cc1Cl.CC1(C)C[C@H](Nc2nc(Nc3ccc(OCCO)c(Cl)c3)ncc2F)C[C@@H]2CCCN21.Nc1ccc(OCCO)c(Cl)c1.O=[N+]([O-])c1ccc(F)c(Cl)c1. The third kappa shape index (κ3) is 19.3. The van der Waals surface area contributed by atoms with Gasteiger partial charge in [0.15, 0.2) is 20.0 Å². The number of nitro benzene ring substituents is 2. The molecular formula is C50H64Cl4F2N8O10Si. The lowest BCUT2D eigenvalue weighted by atomic mass is 9.84. The van der Waals surface area contributed by atoms with Gasteiger partial charge in [-0.1, -0.05) is 67.2 Å². The minimum absolute atomic E-state index is 0.0271. The van der Waals surface area contributed by atoms with Crippen molar-refractivity contribution in [1.82, 2.24) is 14.9 Å². The number of nitro groups is 2. The van der Waals surface area contributed by atoms with Crippen LogP contribution in [0.5, 0.6) is 17.2 Å². The zero-order valence-electron chi connectivity index (χ0n) is 42.7. The Morgan fingerprint density at radius 3 is 1.89 bits per heavy atom. The molecule has 25 heteroatoms. The van der Waals surface area contributed by atoms with Crippen molar-refractivity contribution in [3.8, 4) is 17.2 Å². The van der Waals surface area contributed by atoms with Gasteiger partial charge in [-0.2, -0.15) is 4.98 Å². The molecule has 2 aliphatic rings. The van der Waals surface area contributed by atoms with Crippen molar-refractivity contribution in [2.75, 3.05) is 62.6 Å². The van der Waals surface area contributed by atoms with E-state index >= 15 is 0 Å². The summed E-state index contributed by atoms with van der Waals surface area (Å²) in [5, 5.41) is 45.4. The van der Waals surface area contributed by atoms with E-state index in [4.69, 9.17) is 81.0 Å². The molecule has 0 unspecified atom stereocenters. The number of aliphatic hydroxyl groups is 2. The number of piperidine rings is 1. The average Bonchev–Trinajstić information content (AvgIpc) is 3.82. The van der Waals surface area contributed by atoms with Crippen LogP contribution in [0.2, 0.25) is 38.2 Å². The van der Waals surface area contributed by atoms with E-state index in [0.29, 0.717) is 57.9 Å². The number of ether oxygens (including phenoxy) is 3. The molecule has 0 amide bonds. The molecule has 0 aliphatic carbocycles. The quantitative estimate of drug-likeness (QED) is 0.0191. The monoisotopic (exact) mass is 1140 g/mol. The third-order valence-electron chi connectivity index (χ3n) is 12.2. The van der Waals surface area contributed by atoms with Crippen molar-refractivity contribution in [3.63, 3.8) is 0 Å². The predicted molar refractivity (Wildman–Crippen MR) is 293 cm³/mol. The molecule has 2 saturated heterocycles. The Morgan fingerprint density at radius 2 is 1.35 bits per heavy atom. The number of nitrogen functional groups attached to an aromatic ring is 1. The summed E-state index contributed by atoms with van der Waals surface area (Å²) in [4.78, 5) is 30.6. The van der Waals surface area contributed by atoms with E-state index in [1.54, 1.807) is 36.4 Å². The standard InChI is InChI=1S/C22H29ClFN5O2.C14H22ClNO4Si.C8H10ClNO2.C6H3ClFNO2/c1-22(2)12-15(10-16-4-3-7-29(16)22)26-20-18(24)13-25-21(28-20)27-14-5-6-19(17(23)11-14)31-9-8-30;1-14(2,3)21(4,5)20-9-8-19-13-7-6-11(16(17)18)10-12(13)15;9-7-5-6(10)1-2-8(7)12-4-3-11;7-5-3-4(9(10)11)1-2-6(5)8/h5-6,11,13,15-16,30H,3-4,7-10,12H2,1-2H3,(H2,25,26,27,28);6-7,10H,8-9H2,1-5H3;1-2,5,11H,3-4,10H2;1-3H/t15-,16+;;;/m1.../s1. The Kier molecular flexibility index (Phi) is 23.8. The minimum Gasteiger partial charge on any atom is -0.490 e. The first-order chi connectivity index (χ1) is 35.2. The van der Waals surface area contributed by atoms with Gasteiger partial charge in [0.2, 0.25) is 5.95 Å². The zero-order valence-corrected chi connectivity index (χ0v) is 46.7. The number of aliphatic hydroxyl groups excluding tert-OH is 2. The van der Waals surface area contributed by atoms with Gasteiger partial charge in [-0.25, -0.2) is 13.8 Å². The van der Waals surface area contributed by atoms with Gasteiger partial charge < -0.3 is 45.2 Å². The first kappa shape index (κ1) is 62.2. The van der Waals surface area contributed by atoms with Gasteiger partial charge in [0.1, 0.15) is 42.9 Å². The maximum Gasteiger partial charge on any atom is 0.271 e. The lowest BCUT2D eigenvalue weighted by molar-refractivity contribution is -0.385. The molecular weight excluding hydrogens is 1080 g/mol. The van der Waals surface area contributed by atoms with Crippen LogP contribution in [0.3, 0.4) is 0 Å². The van der Waals surface area contributed by atoms with Gasteiger partial charge in [0.05, 0.1) is 56.0 Å². The number of non-ortho nitro benzene ring substituents is 2. The third-order valence-corrected chi connectivity index (χ3v) is 17.9. The van der Waals surface area contributed by atoms with E-state index < -0.39 is 29.8 Å². The molecule has 18 nitrogen and oxygen atoms in total. The highest BCUT2D eigenvalue weighted by atomic mass is 35.5. The number of aromatic nitrogens is 2. The van der Waals surface area contributed by atoms with Crippen LogP contribution >= 0.6 is 46.4 Å². The molecule has 0 bridgehead atoms. The molecule has 75 heavy (non-hydrogen) atoms. The van der Waals surface area contributed by atoms with Gasteiger partial charge in [0.25, 0.3) is 11.4 Å². The van der Waals surface area contributed by atoms with E-state index in [-0.39, 0.29) is 76.2 Å². The van der Waals surface area contributed by atoms with Crippen LogP contribution < -0.4 is 30.6 Å². The summed E-state index contributed by atoms with van der Waals surface area (Å²) in [6.45, 7) is 17.7. The van der Waals surface area contributed by atoms with Crippen molar-refractivity contribution < 1.29 is 47.5 Å². The van der Waals surface area contributed by atoms with E-state index in [2.05, 4.69) is 73.2 Å². The van der Waals surface area contributed by atoms with Gasteiger partial charge >= 0.3 is 0 Å². The Balaban J connectivity index is 0.000000238. The molecule has 1 aromatic heterocycles. The molecule has 0 radical (unpaired) electrons. The highest BCUT2D eigenvalue weighted by Crippen LogP contribution is 2.40. The average molecular weight is 1150 g/mol. The molecule has 410 valence electrons. The van der Waals surface area contributed by atoms with E-state index in [1.165, 1.54) is 37.2 Å². The van der Waals surface area contributed by atoms with E-state index in [0.717, 1.165) is 37.6 Å². The molecule has 7 rings (SSSR count). The second-order valence-electron chi connectivity index (χ2n) is 19.3. The highest BCUT2D eigenvalue weighted by Gasteiger charge is 2.43. The molecule has 2 fully saturated rings. The number of hydrogen-bond acceptors (Lipinski definition) is 16. The van der Waals surface area contributed by atoms with Crippen molar-refractivity contribution in [2.45, 2.75) is 96.1 Å². The number of benzene rings is 4. The number of nitrogens with one attached hydrogen (secondary N) is 2. The smallest absolute Gasteiger partial charge is 0.271 e. The van der Waals surface area contributed by atoms with Crippen LogP contribution in [-0.4, -0.2) is 107 Å². The van der Waals surface area contributed by atoms with Crippen molar-refractivity contribution in [3.05, 3.63) is 131 Å². The largest absolute Gasteiger partial charge is 0.490 e. The summed E-state index contributed by atoms with van der Waals surface area (Å²) in [7, 11) is -1.78. The molecule has 3 heterocycles. The summed E-state index contributed by atoms with van der Waals surface area (Å²) < 4.78 is 48.8. The lowest BCUT2D eigenvalue weighted by Crippen LogP contribution is -2.55. The van der Waals surface area contributed by atoms with E-state index in [1.807, 2.05) is 0 Å². The van der Waals surface area contributed by atoms with Crippen molar-refractivity contribution >= 4 is 89.2 Å². The molecule has 5 aromatic rings. The summed E-state index contributed by atoms with van der Waals surface area (Å²) in [6.07, 6.45) is 5.51. The molecule has 6 N–H and O–H groups in total. The second-order valence-corrected chi connectivity index (χ2v) is 25.7. The zero-order chi connectivity index (χ0) is 55.7. The fourth-order valence-electron chi connectivity index (χ4n) is 7.60. The summed E-state index contributed by atoms with van der Waals surface area (Å²) in [5.74, 6) is 0.811. The first-order valence-electron chi connectivity index (χ1n) is 23.7. The van der Waals surface area contributed by atoms with Crippen molar-refractivity contribution in [2.24, 2.45) is 0 Å². The Bertz CT molecular complexity index is 2700. The van der Waals surface area contributed by atoms with Crippen molar-refractivity contribution in [1.29, 1.82) is 0 Å². The maximum absolute atomic E-state index is 14.5. The van der Waals surface area contributed by atoms with E-state index in [9.17, 15) is 29.0 Å². The van der Waals surface area contributed by atoms with Gasteiger partial charge in [-0.05, 0) is 113 Å². The molecule has 0 saturated carbocycles. The van der Waals surface area contributed by atoms with Crippen LogP contribution in [0.15, 0.2) is 79.0 Å². The fraction of sp³-hybridized carbons (Fsp3) is 0.440. The Hall–Kier alpha value is -5.36. The highest BCUT2D eigenvalue weighted by molar-refractivity contribution is 6.74. The first-order valence-corrected chi connectivity index (χ1v) is 28.1. The minimum atomic E-state index is -1.78. The predicted octanol–water partition coefficient (Wildman–Crippen LogP) is 12.5. The normalized spacial score (nSPS) is 15.8. The number of nitrogens with zero attached hydrogens (tertiary/aromatic N) is 5. The fourth-order valence-corrected chi connectivity index (χ4v) is 9.50. The Labute approximate surface area is 456 Å². The molecule has 4 aromatic carbocycles. The number of nitrogens with two attached hydrogens (primary N) is 1. The van der Waals surface area contributed by atoms with Crippen LogP contribution in [-0.2, 0) is 4.43 Å². The topological polar surface area (TPSA) is 243 Å². The van der Waals surface area contributed by atoms with Crippen LogP contribution in [0.1, 0.15) is 60.3 Å². The number of rotatable bonds is 17. The summed E-state index contributed by atoms with van der Waals surface area (Å²) >= 11 is 23.2.